The Morgan fingerprint density at radius 2 is 1.79 bits per heavy atom. The third-order valence-corrected chi connectivity index (χ3v) is 6.84. The molecule has 174 valence electrons. The minimum absolute atomic E-state index is 0.128. The van der Waals surface area contributed by atoms with Crippen molar-refractivity contribution in [1.82, 2.24) is 4.90 Å². The Morgan fingerprint density at radius 3 is 2.36 bits per heavy atom. The van der Waals surface area contributed by atoms with Crippen LogP contribution in [0.3, 0.4) is 0 Å². The zero-order valence-electron chi connectivity index (χ0n) is 18.1. The zero-order valence-corrected chi connectivity index (χ0v) is 19.0. The number of primary sulfonamides is 1. The van der Waals surface area contributed by atoms with Gasteiger partial charge in [-0.2, -0.15) is 0 Å². The van der Waals surface area contributed by atoms with E-state index in [1.807, 2.05) is 19.1 Å². The number of carbonyl (C=O) groups excluding carboxylic acids is 3. The van der Waals surface area contributed by atoms with E-state index in [1.165, 1.54) is 29.2 Å². The summed E-state index contributed by atoms with van der Waals surface area (Å²) in [7, 11) is -3.91. The molecule has 0 aliphatic carbocycles. The summed E-state index contributed by atoms with van der Waals surface area (Å²) in [5, 5.41) is 5.12. The van der Waals surface area contributed by atoms with Gasteiger partial charge in [0.2, 0.25) is 15.9 Å². The lowest BCUT2D eigenvalue weighted by Gasteiger charge is -2.30. The number of rotatable bonds is 6. The second-order valence-electron chi connectivity index (χ2n) is 8.28. The van der Waals surface area contributed by atoms with Crippen LogP contribution in [0, 0.1) is 6.92 Å². The first-order chi connectivity index (χ1) is 15.6. The van der Waals surface area contributed by atoms with E-state index in [4.69, 9.17) is 9.88 Å². The van der Waals surface area contributed by atoms with Crippen molar-refractivity contribution >= 4 is 33.4 Å². The van der Waals surface area contributed by atoms with Gasteiger partial charge in [-0.05, 0) is 56.2 Å². The molecule has 4 rings (SSSR count). The van der Waals surface area contributed by atoms with Crippen LogP contribution < -0.4 is 10.0 Å². The summed E-state index contributed by atoms with van der Waals surface area (Å²) >= 11 is 0. The number of carbonyl (C=O) groups is 3. The highest BCUT2D eigenvalue weighted by Crippen LogP contribution is 2.28. The summed E-state index contributed by atoms with van der Waals surface area (Å²) in [6.07, 6.45) is 1.27. The smallest absolute Gasteiger partial charge is 0.257 e. The van der Waals surface area contributed by atoms with E-state index in [0.29, 0.717) is 12.2 Å². The zero-order chi connectivity index (χ0) is 23.8. The molecule has 2 aliphatic rings. The van der Waals surface area contributed by atoms with Crippen molar-refractivity contribution in [1.29, 1.82) is 0 Å². The van der Waals surface area contributed by atoms with Crippen LogP contribution in [0.1, 0.15) is 35.2 Å². The average Bonchev–Trinajstić information content (AvgIpc) is 3.39. The van der Waals surface area contributed by atoms with Gasteiger partial charge in [-0.15, -0.1) is 0 Å². The van der Waals surface area contributed by atoms with Gasteiger partial charge in [0, 0.05) is 18.7 Å². The molecule has 2 atom stereocenters. The first-order valence-corrected chi connectivity index (χ1v) is 12.2. The molecule has 2 aromatic rings. The maximum atomic E-state index is 13.4. The van der Waals surface area contributed by atoms with Crippen LogP contribution in [0.15, 0.2) is 53.4 Å². The van der Waals surface area contributed by atoms with E-state index in [-0.39, 0.29) is 35.6 Å². The Kier molecular flexibility index (Phi) is 6.33. The maximum Gasteiger partial charge on any atom is 0.257 e. The minimum Gasteiger partial charge on any atom is -0.376 e. The molecule has 3 amide bonds. The van der Waals surface area contributed by atoms with Crippen LogP contribution in [0.25, 0.3) is 0 Å². The summed E-state index contributed by atoms with van der Waals surface area (Å²) < 4.78 is 28.7. The largest absolute Gasteiger partial charge is 0.376 e. The summed E-state index contributed by atoms with van der Waals surface area (Å²) in [5.41, 5.74) is 1.65. The molecule has 2 fully saturated rings. The third-order valence-electron chi connectivity index (χ3n) is 5.91. The van der Waals surface area contributed by atoms with Gasteiger partial charge in [0.25, 0.3) is 11.8 Å². The summed E-state index contributed by atoms with van der Waals surface area (Å²) in [6, 6.07) is 11.2. The van der Waals surface area contributed by atoms with Crippen molar-refractivity contribution in [3.63, 3.8) is 0 Å². The minimum atomic E-state index is -3.91. The lowest BCUT2D eigenvalue weighted by atomic mass is 10.1. The van der Waals surface area contributed by atoms with Gasteiger partial charge >= 0.3 is 0 Å². The van der Waals surface area contributed by atoms with Crippen LogP contribution in [-0.2, 0) is 24.3 Å². The molecule has 2 unspecified atom stereocenters. The Morgan fingerprint density at radius 1 is 1.12 bits per heavy atom. The fourth-order valence-electron chi connectivity index (χ4n) is 4.14. The number of benzene rings is 2. The van der Waals surface area contributed by atoms with Crippen LogP contribution >= 0.6 is 0 Å². The molecule has 9 nitrogen and oxygen atoms in total. The Bertz CT molecular complexity index is 1170. The van der Waals surface area contributed by atoms with Crippen molar-refractivity contribution in [3.05, 3.63) is 59.7 Å². The van der Waals surface area contributed by atoms with Gasteiger partial charge < -0.3 is 9.64 Å². The molecule has 2 N–H and O–H groups in total. The summed E-state index contributed by atoms with van der Waals surface area (Å²) in [4.78, 5) is 41.8. The molecular formula is C23H25N3O6S. The number of amides is 3. The van der Waals surface area contributed by atoms with Gasteiger partial charge in [-0.1, -0.05) is 17.7 Å². The first-order valence-electron chi connectivity index (χ1n) is 10.6. The number of anilines is 1. The van der Waals surface area contributed by atoms with Gasteiger partial charge in [0.1, 0.15) is 6.04 Å². The highest BCUT2D eigenvalue weighted by molar-refractivity contribution is 7.89. The molecule has 2 heterocycles. The molecule has 2 aliphatic heterocycles. The van der Waals surface area contributed by atoms with Crippen molar-refractivity contribution in [2.45, 2.75) is 43.2 Å². The summed E-state index contributed by atoms with van der Waals surface area (Å²) in [5.74, 6) is -1.35. The first kappa shape index (κ1) is 23.1. The predicted molar refractivity (Wildman–Crippen MR) is 120 cm³/mol. The van der Waals surface area contributed by atoms with Crippen molar-refractivity contribution in [3.8, 4) is 0 Å². The highest BCUT2D eigenvalue weighted by atomic mass is 32.2. The molecule has 0 radical (unpaired) electrons. The van der Waals surface area contributed by atoms with Crippen molar-refractivity contribution in [2.24, 2.45) is 5.14 Å². The quantitative estimate of drug-likeness (QED) is 0.638. The molecule has 2 saturated heterocycles. The van der Waals surface area contributed by atoms with Gasteiger partial charge in [0.15, 0.2) is 0 Å². The number of aryl methyl sites for hydroxylation is 1. The highest BCUT2D eigenvalue weighted by Gasteiger charge is 2.45. The second-order valence-corrected chi connectivity index (χ2v) is 9.85. The monoisotopic (exact) mass is 471 g/mol. The Labute approximate surface area is 192 Å². The lowest BCUT2D eigenvalue weighted by Crippen LogP contribution is -2.48. The average molecular weight is 472 g/mol. The molecule has 2 aromatic carbocycles. The van der Waals surface area contributed by atoms with E-state index in [9.17, 15) is 22.8 Å². The van der Waals surface area contributed by atoms with Crippen LogP contribution in [0.5, 0.6) is 0 Å². The van der Waals surface area contributed by atoms with Crippen LogP contribution in [0.4, 0.5) is 5.69 Å². The van der Waals surface area contributed by atoms with E-state index < -0.39 is 27.9 Å². The lowest BCUT2D eigenvalue weighted by molar-refractivity contribution is -0.122. The molecular weight excluding hydrogens is 446 g/mol. The number of sulfonamides is 1. The van der Waals surface area contributed by atoms with E-state index in [0.717, 1.165) is 23.3 Å². The Balaban J connectivity index is 1.63. The molecule has 10 heteroatoms. The topological polar surface area (TPSA) is 127 Å². The number of nitrogens with two attached hydrogens (primary N) is 1. The second kappa shape index (κ2) is 9.05. The predicted octanol–water partition coefficient (Wildman–Crippen LogP) is 1.60. The normalized spacial score (nSPS) is 21.0. The van der Waals surface area contributed by atoms with Crippen LogP contribution in [-0.4, -0.2) is 56.3 Å². The number of ether oxygens (including phenoxy) is 1. The van der Waals surface area contributed by atoms with Crippen LogP contribution in [0.2, 0.25) is 0 Å². The molecule has 0 spiro atoms. The SMILES string of the molecule is Cc1ccc(C(=O)N(CC2CCCO2)C2CC(=O)N(c3ccc(S(N)(=O)=O)cc3)C2=O)cc1. The van der Waals surface area contributed by atoms with E-state index >= 15 is 0 Å². The number of hydrogen-bond acceptors (Lipinski definition) is 6. The number of hydrogen-bond donors (Lipinski definition) is 1. The Hall–Kier alpha value is -3.08. The van der Waals surface area contributed by atoms with E-state index in [2.05, 4.69) is 0 Å². The molecule has 0 aromatic heterocycles. The molecule has 0 saturated carbocycles. The maximum absolute atomic E-state index is 13.4. The third kappa shape index (κ3) is 4.82. The van der Waals surface area contributed by atoms with E-state index in [1.54, 1.807) is 12.1 Å². The summed E-state index contributed by atoms with van der Waals surface area (Å²) in [6.45, 7) is 2.71. The molecule has 0 bridgehead atoms. The fraction of sp³-hybridized carbons (Fsp3) is 0.348. The van der Waals surface area contributed by atoms with Crippen molar-refractivity contribution < 1.29 is 27.5 Å². The van der Waals surface area contributed by atoms with Gasteiger partial charge in [-0.3, -0.25) is 14.4 Å². The number of imide groups is 1. The van der Waals surface area contributed by atoms with Gasteiger partial charge in [-0.25, -0.2) is 18.5 Å². The fourth-order valence-corrected chi connectivity index (χ4v) is 4.65. The number of nitrogens with zero attached hydrogens (tertiary/aromatic N) is 2. The van der Waals surface area contributed by atoms with Crippen molar-refractivity contribution in [2.75, 3.05) is 18.1 Å². The molecule has 33 heavy (non-hydrogen) atoms. The standard InChI is InChI=1S/C23H25N3O6S/c1-15-4-6-16(7-5-15)22(28)25(14-18-3-2-12-32-18)20-13-21(27)26(23(20)29)17-8-10-19(11-9-17)33(24,30)31/h4-11,18,20H,2-3,12-14H2,1H3,(H2,24,30,31). The van der Waals surface area contributed by atoms with Gasteiger partial charge in [0.05, 0.1) is 23.1 Å².